The van der Waals surface area contributed by atoms with Gasteiger partial charge >= 0.3 is 0 Å². The predicted molar refractivity (Wildman–Crippen MR) is 123 cm³/mol. The molecular formula is C21H26IN5O. The molecule has 2 aromatic carbocycles. The van der Waals surface area contributed by atoms with Crippen molar-refractivity contribution in [3.63, 3.8) is 0 Å². The van der Waals surface area contributed by atoms with Gasteiger partial charge in [-0.1, -0.05) is 42.5 Å². The van der Waals surface area contributed by atoms with Crippen LogP contribution in [0.3, 0.4) is 0 Å². The van der Waals surface area contributed by atoms with Crippen LogP contribution in [0.15, 0.2) is 78.0 Å². The summed E-state index contributed by atoms with van der Waals surface area (Å²) in [6.45, 7) is 2.68. The molecule has 2 N–H and O–H groups in total. The van der Waals surface area contributed by atoms with Gasteiger partial charge in [-0.05, 0) is 29.3 Å². The smallest absolute Gasteiger partial charge is 0.191 e. The summed E-state index contributed by atoms with van der Waals surface area (Å²) in [6, 6.07) is 20.1. The fourth-order valence-electron chi connectivity index (χ4n) is 2.71. The normalized spacial score (nSPS) is 10.8. The van der Waals surface area contributed by atoms with Gasteiger partial charge in [-0.2, -0.15) is 5.10 Å². The van der Waals surface area contributed by atoms with Gasteiger partial charge in [0.25, 0.3) is 0 Å². The van der Waals surface area contributed by atoms with Crippen LogP contribution in [0.1, 0.15) is 11.1 Å². The molecule has 148 valence electrons. The molecule has 0 bridgehead atoms. The van der Waals surface area contributed by atoms with E-state index in [1.165, 1.54) is 11.1 Å². The number of nitrogens with zero attached hydrogens (tertiary/aromatic N) is 3. The Balaban J connectivity index is 0.00000280. The molecule has 0 amide bonds. The van der Waals surface area contributed by atoms with E-state index in [0.29, 0.717) is 19.7 Å². The molecule has 0 aliphatic heterocycles. The summed E-state index contributed by atoms with van der Waals surface area (Å²) >= 11 is 0. The number of para-hydroxylation sites is 1. The van der Waals surface area contributed by atoms with E-state index in [2.05, 4.69) is 38.9 Å². The highest BCUT2D eigenvalue weighted by molar-refractivity contribution is 14.0. The third kappa shape index (κ3) is 6.88. The highest BCUT2D eigenvalue weighted by Crippen LogP contribution is 2.10. The molecule has 1 aromatic heterocycles. The second-order valence-corrected chi connectivity index (χ2v) is 5.99. The molecule has 0 radical (unpaired) electrons. The van der Waals surface area contributed by atoms with Crippen LogP contribution in [0.5, 0.6) is 5.75 Å². The molecule has 0 fully saturated rings. The number of guanidine groups is 1. The van der Waals surface area contributed by atoms with Crippen LogP contribution in [0, 0.1) is 0 Å². The van der Waals surface area contributed by atoms with Gasteiger partial charge in [0.2, 0.25) is 0 Å². The fraction of sp³-hybridized carbons (Fsp3) is 0.238. The van der Waals surface area contributed by atoms with Crippen molar-refractivity contribution in [1.82, 2.24) is 20.4 Å². The number of aromatic nitrogens is 2. The molecule has 3 aromatic rings. The number of nitrogens with one attached hydrogen (secondary N) is 2. The van der Waals surface area contributed by atoms with Gasteiger partial charge in [-0.25, -0.2) is 0 Å². The number of benzene rings is 2. The standard InChI is InChI=1S/C21H25N5O.HI/c1-22-21(23-13-15-27-20-10-3-2-4-11-20)24-16-18-8-5-6-9-19(18)17-26-14-7-12-25-26;/h2-12,14H,13,15-17H2,1H3,(H2,22,23,24);1H. The summed E-state index contributed by atoms with van der Waals surface area (Å²) in [5.41, 5.74) is 2.45. The van der Waals surface area contributed by atoms with Crippen molar-refractivity contribution in [3.05, 3.63) is 84.2 Å². The second-order valence-electron chi connectivity index (χ2n) is 5.99. The Bertz CT molecular complexity index is 837. The summed E-state index contributed by atoms with van der Waals surface area (Å²) in [5.74, 6) is 1.62. The topological polar surface area (TPSA) is 63.5 Å². The Kier molecular flexibility index (Phi) is 9.33. The number of hydrogen-bond acceptors (Lipinski definition) is 3. The molecular weight excluding hydrogens is 465 g/mol. The molecule has 28 heavy (non-hydrogen) atoms. The number of aliphatic imine (C=N–C) groups is 1. The average molecular weight is 491 g/mol. The van der Waals surface area contributed by atoms with Crippen LogP contribution in [0.2, 0.25) is 0 Å². The monoisotopic (exact) mass is 491 g/mol. The maximum atomic E-state index is 5.69. The minimum atomic E-state index is 0. The van der Waals surface area contributed by atoms with Crippen molar-refractivity contribution < 1.29 is 4.74 Å². The molecule has 0 saturated heterocycles. The van der Waals surface area contributed by atoms with E-state index in [4.69, 9.17) is 4.74 Å². The number of halogens is 1. The Morgan fingerprint density at radius 2 is 1.75 bits per heavy atom. The van der Waals surface area contributed by atoms with Gasteiger partial charge < -0.3 is 15.4 Å². The van der Waals surface area contributed by atoms with Crippen LogP contribution in [0.4, 0.5) is 0 Å². The Hall–Kier alpha value is -2.55. The van der Waals surface area contributed by atoms with Crippen molar-refractivity contribution in [2.75, 3.05) is 20.2 Å². The van der Waals surface area contributed by atoms with Crippen LogP contribution in [-0.2, 0) is 13.1 Å². The first-order valence-corrected chi connectivity index (χ1v) is 9.02. The molecule has 1 heterocycles. The summed E-state index contributed by atoms with van der Waals surface area (Å²) in [6.07, 6.45) is 3.77. The van der Waals surface area contributed by atoms with Crippen LogP contribution in [0.25, 0.3) is 0 Å². The van der Waals surface area contributed by atoms with E-state index < -0.39 is 0 Å². The van der Waals surface area contributed by atoms with Gasteiger partial charge in [0.1, 0.15) is 12.4 Å². The van der Waals surface area contributed by atoms with Crippen molar-refractivity contribution in [1.29, 1.82) is 0 Å². The Morgan fingerprint density at radius 1 is 1.00 bits per heavy atom. The summed E-state index contributed by atoms with van der Waals surface area (Å²) in [5, 5.41) is 10.9. The molecule has 0 spiro atoms. The molecule has 0 atom stereocenters. The van der Waals surface area contributed by atoms with Crippen molar-refractivity contribution in [2.24, 2.45) is 4.99 Å². The lowest BCUT2D eigenvalue weighted by molar-refractivity contribution is 0.322. The van der Waals surface area contributed by atoms with E-state index in [1.54, 1.807) is 13.2 Å². The number of ether oxygens (including phenoxy) is 1. The van der Waals surface area contributed by atoms with E-state index in [9.17, 15) is 0 Å². The van der Waals surface area contributed by atoms with E-state index in [-0.39, 0.29) is 24.0 Å². The first-order valence-electron chi connectivity index (χ1n) is 9.02. The lowest BCUT2D eigenvalue weighted by Gasteiger charge is -2.14. The lowest BCUT2D eigenvalue weighted by atomic mass is 10.1. The minimum Gasteiger partial charge on any atom is -0.492 e. The van der Waals surface area contributed by atoms with Gasteiger partial charge in [0.15, 0.2) is 5.96 Å². The zero-order chi connectivity index (χ0) is 18.7. The first-order chi connectivity index (χ1) is 13.3. The highest BCUT2D eigenvalue weighted by atomic mass is 127. The van der Waals surface area contributed by atoms with Crippen LogP contribution in [-0.4, -0.2) is 35.9 Å². The summed E-state index contributed by atoms with van der Waals surface area (Å²) < 4.78 is 7.61. The summed E-state index contributed by atoms with van der Waals surface area (Å²) in [4.78, 5) is 4.27. The SMILES string of the molecule is CN=C(NCCOc1ccccc1)NCc1ccccc1Cn1cccn1.I. The van der Waals surface area contributed by atoms with E-state index in [1.807, 2.05) is 53.3 Å². The van der Waals surface area contributed by atoms with Gasteiger partial charge in [0.05, 0.1) is 13.1 Å². The van der Waals surface area contributed by atoms with Crippen LogP contribution < -0.4 is 15.4 Å². The minimum absolute atomic E-state index is 0. The fourth-order valence-corrected chi connectivity index (χ4v) is 2.71. The van der Waals surface area contributed by atoms with Crippen molar-refractivity contribution >= 4 is 29.9 Å². The zero-order valence-electron chi connectivity index (χ0n) is 15.9. The van der Waals surface area contributed by atoms with Gasteiger partial charge in [-0.3, -0.25) is 9.67 Å². The highest BCUT2D eigenvalue weighted by Gasteiger charge is 2.04. The quantitative estimate of drug-likeness (QED) is 0.220. The maximum absolute atomic E-state index is 5.69. The third-order valence-corrected chi connectivity index (χ3v) is 4.09. The zero-order valence-corrected chi connectivity index (χ0v) is 18.2. The van der Waals surface area contributed by atoms with E-state index >= 15 is 0 Å². The number of hydrogen-bond donors (Lipinski definition) is 2. The molecule has 3 rings (SSSR count). The molecule has 7 heteroatoms. The van der Waals surface area contributed by atoms with E-state index in [0.717, 1.165) is 18.3 Å². The van der Waals surface area contributed by atoms with Gasteiger partial charge in [0, 0.05) is 26.0 Å². The maximum Gasteiger partial charge on any atom is 0.191 e. The van der Waals surface area contributed by atoms with Gasteiger partial charge in [-0.15, -0.1) is 24.0 Å². The molecule has 6 nitrogen and oxygen atoms in total. The Morgan fingerprint density at radius 3 is 2.46 bits per heavy atom. The average Bonchev–Trinajstić information content (AvgIpc) is 3.22. The second kappa shape index (κ2) is 12.0. The molecule has 0 aliphatic carbocycles. The molecule has 0 unspecified atom stereocenters. The van der Waals surface area contributed by atoms with Crippen molar-refractivity contribution in [2.45, 2.75) is 13.1 Å². The summed E-state index contributed by atoms with van der Waals surface area (Å²) in [7, 11) is 1.77. The molecule has 0 aliphatic rings. The van der Waals surface area contributed by atoms with Crippen molar-refractivity contribution in [3.8, 4) is 5.75 Å². The Labute approximate surface area is 183 Å². The first kappa shape index (κ1) is 21.7. The largest absolute Gasteiger partial charge is 0.492 e. The van der Waals surface area contributed by atoms with Crippen LogP contribution >= 0.6 is 24.0 Å². The molecule has 0 saturated carbocycles. The number of rotatable bonds is 8. The lowest BCUT2D eigenvalue weighted by Crippen LogP contribution is -2.39. The third-order valence-electron chi connectivity index (χ3n) is 4.09. The predicted octanol–water partition coefficient (Wildman–Crippen LogP) is 3.29.